The average Bonchev–Trinajstić information content (AvgIpc) is 2.43. The van der Waals surface area contributed by atoms with Gasteiger partial charge < -0.3 is 4.90 Å². The van der Waals surface area contributed by atoms with Crippen LogP contribution in [0.2, 0.25) is 0 Å². The first kappa shape index (κ1) is 11.2. The van der Waals surface area contributed by atoms with Gasteiger partial charge in [0.15, 0.2) is 5.78 Å². The monoisotopic (exact) mass is 197 g/mol. The Labute approximate surface area is 85.5 Å². The Morgan fingerprint density at radius 3 is 2.57 bits per heavy atom. The van der Waals surface area contributed by atoms with Crippen LogP contribution in [0.25, 0.3) is 0 Å². The second kappa shape index (κ2) is 5.13. The lowest BCUT2D eigenvalue weighted by Gasteiger charge is -2.14. The SMILES string of the molecule is CCCCN1CC(=O)C(CCC)C1=O. The van der Waals surface area contributed by atoms with Gasteiger partial charge in [0.1, 0.15) is 0 Å². The summed E-state index contributed by atoms with van der Waals surface area (Å²) in [7, 11) is 0. The fraction of sp³-hybridized carbons (Fsp3) is 0.818. The van der Waals surface area contributed by atoms with Crippen LogP contribution in [0.15, 0.2) is 0 Å². The Bertz CT molecular complexity index is 225. The van der Waals surface area contributed by atoms with Crippen LogP contribution in [-0.2, 0) is 9.59 Å². The fourth-order valence-corrected chi connectivity index (χ4v) is 1.85. The highest BCUT2D eigenvalue weighted by Crippen LogP contribution is 2.19. The molecule has 3 heteroatoms. The van der Waals surface area contributed by atoms with Crippen molar-refractivity contribution >= 4 is 11.7 Å². The molecule has 0 radical (unpaired) electrons. The minimum atomic E-state index is -0.322. The van der Waals surface area contributed by atoms with Gasteiger partial charge in [0.05, 0.1) is 12.5 Å². The number of carbonyl (C=O) groups is 2. The average molecular weight is 197 g/mol. The summed E-state index contributed by atoms with van der Waals surface area (Å²) < 4.78 is 0. The lowest BCUT2D eigenvalue weighted by Crippen LogP contribution is -2.28. The van der Waals surface area contributed by atoms with Crippen molar-refractivity contribution in [3.8, 4) is 0 Å². The van der Waals surface area contributed by atoms with Gasteiger partial charge in [-0.1, -0.05) is 26.7 Å². The van der Waals surface area contributed by atoms with Crippen molar-refractivity contribution in [3.05, 3.63) is 0 Å². The standard InChI is InChI=1S/C11H19NO2/c1-3-5-7-12-8-10(13)9(6-4-2)11(12)14/h9H,3-8H2,1-2H3. The number of unbranched alkanes of at least 4 members (excludes halogenated alkanes) is 1. The Morgan fingerprint density at radius 1 is 1.29 bits per heavy atom. The first-order chi connectivity index (χ1) is 6.70. The maximum Gasteiger partial charge on any atom is 0.233 e. The van der Waals surface area contributed by atoms with Gasteiger partial charge in [0.25, 0.3) is 0 Å². The van der Waals surface area contributed by atoms with Gasteiger partial charge in [-0.15, -0.1) is 0 Å². The van der Waals surface area contributed by atoms with Gasteiger partial charge in [-0.05, 0) is 12.8 Å². The van der Waals surface area contributed by atoms with Gasteiger partial charge >= 0.3 is 0 Å². The van der Waals surface area contributed by atoms with Crippen molar-refractivity contribution in [3.63, 3.8) is 0 Å². The lowest BCUT2D eigenvalue weighted by atomic mass is 10.0. The molecule has 80 valence electrons. The van der Waals surface area contributed by atoms with Crippen molar-refractivity contribution < 1.29 is 9.59 Å². The van der Waals surface area contributed by atoms with Gasteiger partial charge in [-0.3, -0.25) is 9.59 Å². The van der Waals surface area contributed by atoms with E-state index in [1.54, 1.807) is 4.90 Å². The molecule has 1 aliphatic heterocycles. The molecule has 1 heterocycles. The van der Waals surface area contributed by atoms with Crippen LogP contribution in [0.4, 0.5) is 0 Å². The second-order valence-electron chi connectivity index (χ2n) is 3.92. The van der Waals surface area contributed by atoms with Gasteiger partial charge in [0.2, 0.25) is 5.91 Å². The Hall–Kier alpha value is -0.860. The number of Topliss-reactive ketones (excluding diaryl/α,β-unsaturated/α-hetero) is 1. The maximum atomic E-state index is 11.7. The first-order valence-electron chi connectivity index (χ1n) is 5.52. The van der Waals surface area contributed by atoms with Crippen molar-refractivity contribution in [2.24, 2.45) is 5.92 Å². The number of amides is 1. The molecule has 1 unspecified atom stereocenters. The third-order valence-electron chi connectivity index (χ3n) is 2.70. The van der Waals surface area contributed by atoms with E-state index in [-0.39, 0.29) is 17.6 Å². The number of hydrogen-bond donors (Lipinski definition) is 0. The summed E-state index contributed by atoms with van der Waals surface area (Å²) in [5.74, 6) is -0.143. The van der Waals surface area contributed by atoms with E-state index in [1.165, 1.54) is 0 Å². The van der Waals surface area contributed by atoms with Crippen molar-refractivity contribution in [2.75, 3.05) is 13.1 Å². The molecule has 1 fully saturated rings. The molecule has 1 amide bonds. The van der Waals surface area contributed by atoms with Crippen LogP contribution < -0.4 is 0 Å². The minimum Gasteiger partial charge on any atom is -0.335 e. The molecule has 0 spiro atoms. The first-order valence-corrected chi connectivity index (χ1v) is 5.52. The quantitative estimate of drug-likeness (QED) is 0.628. The van der Waals surface area contributed by atoms with Crippen molar-refractivity contribution in [1.29, 1.82) is 0 Å². The summed E-state index contributed by atoms with van der Waals surface area (Å²) in [4.78, 5) is 24.9. The summed E-state index contributed by atoms with van der Waals surface area (Å²) in [6.07, 6.45) is 3.69. The molecule has 0 bridgehead atoms. The second-order valence-corrected chi connectivity index (χ2v) is 3.92. The zero-order valence-electron chi connectivity index (χ0n) is 9.08. The Balaban J connectivity index is 2.51. The lowest BCUT2D eigenvalue weighted by molar-refractivity contribution is -0.132. The predicted octanol–water partition coefficient (Wildman–Crippen LogP) is 1.61. The smallest absolute Gasteiger partial charge is 0.233 e. The van der Waals surface area contributed by atoms with Crippen molar-refractivity contribution in [2.45, 2.75) is 39.5 Å². The number of carbonyl (C=O) groups excluding carboxylic acids is 2. The van der Waals surface area contributed by atoms with Gasteiger partial charge in [-0.25, -0.2) is 0 Å². The van der Waals surface area contributed by atoms with Crippen LogP contribution in [0.5, 0.6) is 0 Å². The Kier molecular flexibility index (Phi) is 4.11. The number of ketones is 1. The molecule has 1 saturated heterocycles. The van der Waals surface area contributed by atoms with E-state index in [0.717, 1.165) is 32.2 Å². The summed E-state index contributed by atoms with van der Waals surface area (Å²) >= 11 is 0. The topological polar surface area (TPSA) is 37.4 Å². The van der Waals surface area contributed by atoms with Crippen LogP contribution >= 0.6 is 0 Å². The van der Waals surface area contributed by atoms with Crippen LogP contribution in [0.3, 0.4) is 0 Å². The van der Waals surface area contributed by atoms with Crippen molar-refractivity contribution in [1.82, 2.24) is 4.90 Å². The molecule has 1 aliphatic rings. The number of nitrogens with zero attached hydrogens (tertiary/aromatic N) is 1. The number of likely N-dealkylation sites (tertiary alicyclic amines) is 1. The van der Waals surface area contributed by atoms with E-state index in [9.17, 15) is 9.59 Å². The molecule has 14 heavy (non-hydrogen) atoms. The van der Waals surface area contributed by atoms with E-state index in [0.29, 0.717) is 6.54 Å². The summed E-state index contributed by atoms with van der Waals surface area (Å²) in [6.45, 7) is 5.20. The van der Waals surface area contributed by atoms with Gasteiger partial charge in [-0.2, -0.15) is 0 Å². The highest BCUT2D eigenvalue weighted by Gasteiger charge is 2.37. The summed E-state index contributed by atoms with van der Waals surface area (Å²) in [6, 6.07) is 0. The van der Waals surface area contributed by atoms with Crippen LogP contribution in [0, 0.1) is 5.92 Å². The van der Waals surface area contributed by atoms with E-state index in [4.69, 9.17) is 0 Å². The van der Waals surface area contributed by atoms with Crippen LogP contribution in [0.1, 0.15) is 39.5 Å². The van der Waals surface area contributed by atoms with E-state index < -0.39 is 0 Å². The Morgan fingerprint density at radius 2 is 2.00 bits per heavy atom. The highest BCUT2D eigenvalue weighted by atomic mass is 16.2. The maximum absolute atomic E-state index is 11.7. The minimum absolute atomic E-state index is 0.0605. The third-order valence-corrected chi connectivity index (χ3v) is 2.70. The van der Waals surface area contributed by atoms with Crippen LogP contribution in [-0.4, -0.2) is 29.7 Å². The highest BCUT2D eigenvalue weighted by molar-refractivity contribution is 6.08. The normalized spacial score (nSPS) is 22.1. The summed E-state index contributed by atoms with van der Waals surface area (Å²) in [5.41, 5.74) is 0. The van der Waals surface area contributed by atoms with E-state index in [1.807, 2.05) is 6.92 Å². The third kappa shape index (κ3) is 2.34. The number of rotatable bonds is 5. The molecule has 1 atom stereocenters. The molecule has 3 nitrogen and oxygen atoms in total. The largest absolute Gasteiger partial charge is 0.335 e. The summed E-state index contributed by atoms with van der Waals surface area (Å²) in [5, 5.41) is 0. The van der Waals surface area contributed by atoms with E-state index in [2.05, 4.69) is 6.92 Å². The molecule has 0 aromatic carbocycles. The molecule has 0 aliphatic carbocycles. The zero-order chi connectivity index (χ0) is 10.6. The molecule has 1 rings (SSSR count). The molecule has 0 aromatic rings. The fourth-order valence-electron chi connectivity index (χ4n) is 1.85. The molecule has 0 N–H and O–H groups in total. The van der Waals surface area contributed by atoms with Gasteiger partial charge in [0, 0.05) is 6.54 Å². The number of hydrogen-bond acceptors (Lipinski definition) is 2. The molecular weight excluding hydrogens is 178 g/mol. The molecule has 0 aromatic heterocycles. The molecular formula is C11H19NO2. The zero-order valence-corrected chi connectivity index (χ0v) is 9.08. The van der Waals surface area contributed by atoms with E-state index >= 15 is 0 Å². The molecule has 0 saturated carbocycles. The predicted molar refractivity (Wildman–Crippen MR) is 54.9 cm³/mol.